The van der Waals surface area contributed by atoms with Gasteiger partial charge in [-0.1, -0.05) is 60.7 Å². The highest BCUT2D eigenvalue weighted by molar-refractivity contribution is 7.99. The number of ether oxygens (including phenoxy) is 3. The highest BCUT2D eigenvalue weighted by Crippen LogP contribution is 2.33. The first-order valence-electron chi connectivity index (χ1n) is 11.2. The summed E-state index contributed by atoms with van der Waals surface area (Å²) in [7, 11) is 1.25. The average Bonchev–Trinajstić information content (AvgIpc) is 2.89. The predicted octanol–water partition coefficient (Wildman–Crippen LogP) is 4.78. The first-order valence-corrected chi connectivity index (χ1v) is 12.2. The quantitative estimate of drug-likeness (QED) is 0.284. The van der Waals surface area contributed by atoms with Gasteiger partial charge in [-0.05, 0) is 29.3 Å². The maximum absolute atomic E-state index is 12.4. The minimum absolute atomic E-state index is 0.0734. The summed E-state index contributed by atoms with van der Waals surface area (Å²) in [6, 6.07) is 23.2. The molecule has 2 amide bonds. The topological polar surface area (TPSA) is 103 Å². The van der Waals surface area contributed by atoms with Gasteiger partial charge >= 0.3 is 12.1 Å². The zero-order chi connectivity index (χ0) is 25.8. The van der Waals surface area contributed by atoms with Crippen LogP contribution >= 0.6 is 11.8 Å². The van der Waals surface area contributed by atoms with Crippen molar-refractivity contribution in [1.82, 2.24) is 5.32 Å². The molecule has 0 spiro atoms. The van der Waals surface area contributed by atoms with Crippen molar-refractivity contribution in [2.75, 3.05) is 18.2 Å². The number of thioether (sulfide) groups is 1. The van der Waals surface area contributed by atoms with E-state index in [9.17, 15) is 14.4 Å². The molecule has 9 heteroatoms. The largest absolute Gasteiger partial charge is 0.488 e. The highest BCUT2D eigenvalue weighted by atomic mass is 32.2. The first-order chi connectivity index (χ1) is 17.4. The minimum atomic E-state index is -0.963. The number of alkyl carbamates (subject to hydrolysis) is 1. The second kappa shape index (κ2) is 13.8. The van der Waals surface area contributed by atoms with Crippen LogP contribution < -0.4 is 15.4 Å². The summed E-state index contributed by atoms with van der Waals surface area (Å²) in [6.07, 6.45) is -0.734. The number of carbonyl (C=O) groups is 3. The Labute approximate surface area is 214 Å². The van der Waals surface area contributed by atoms with Crippen LogP contribution in [0.1, 0.15) is 18.1 Å². The van der Waals surface area contributed by atoms with Gasteiger partial charge < -0.3 is 24.8 Å². The number of esters is 1. The molecule has 0 aliphatic heterocycles. The molecule has 0 heterocycles. The number of benzene rings is 3. The second-order valence-corrected chi connectivity index (χ2v) is 8.77. The Kier molecular flexibility index (Phi) is 10.2. The van der Waals surface area contributed by atoms with Gasteiger partial charge in [-0.15, -0.1) is 11.8 Å². The van der Waals surface area contributed by atoms with Crippen LogP contribution in [0.15, 0.2) is 83.8 Å². The van der Waals surface area contributed by atoms with Crippen molar-refractivity contribution in [3.63, 3.8) is 0 Å². The van der Waals surface area contributed by atoms with Crippen molar-refractivity contribution in [2.24, 2.45) is 0 Å². The smallest absolute Gasteiger partial charge is 0.408 e. The molecule has 3 aromatic carbocycles. The van der Waals surface area contributed by atoms with Crippen molar-refractivity contribution in [3.8, 4) is 5.75 Å². The molecule has 0 bridgehead atoms. The van der Waals surface area contributed by atoms with Crippen LogP contribution in [0.5, 0.6) is 5.75 Å². The molecular formula is C27H28N2O6S. The Morgan fingerprint density at radius 2 is 1.53 bits per heavy atom. The molecular weight excluding hydrogens is 480 g/mol. The van der Waals surface area contributed by atoms with E-state index in [4.69, 9.17) is 14.2 Å². The van der Waals surface area contributed by atoms with E-state index in [0.29, 0.717) is 22.9 Å². The van der Waals surface area contributed by atoms with Crippen molar-refractivity contribution in [3.05, 3.63) is 90.0 Å². The van der Waals surface area contributed by atoms with Gasteiger partial charge in [0.05, 0.1) is 12.0 Å². The van der Waals surface area contributed by atoms with Crippen LogP contribution in [0.25, 0.3) is 0 Å². The number of hydrogen-bond acceptors (Lipinski definition) is 7. The average molecular weight is 509 g/mol. The lowest BCUT2D eigenvalue weighted by molar-refractivity contribution is -0.142. The van der Waals surface area contributed by atoms with E-state index in [0.717, 1.165) is 11.1 Å². The van der Waals surface area contributed by atoms with Crippen molar-refractivity contribution in [1.29, 1.82) is 0 Å². The Morgan fingerprint density at radius 3 is 2.14 bits per heavy atom. The zero-order valence-electron chi connectivity index (χ0n) is 20.1. The van der Waals surface area contributed by atoms with E-state index in [-0.39, 0.29) is 18.3 Å². The number of methoxy groups -OCH3 is 1. The number of nitrogens with one attached hydrogen (secondary N) is 2. The van der Waals surface area contributed by atoms with Crippen molar-refractivity contribution in [2.45, 2.75) is 31.1 Å². The lowest BCUT2D eigenvalue weighted by Crippen LogP contribution is -2.43. The van der Waals surface area contributed by atoms with E-state index in [1.165, 1.54) is 25.8 Å². The molecule has 0 saturated heterocycles. The van der Waals surface area contributed by atoms with Crippen LogP contribution in [0, 0.1) is 0 Å². The molecule has 3 aromatic rings. The van der Waals surface area contributed by atoms with Crippen LogP contribution in [0.2, 0.25) is 0 Å². The number of carbonyl (C=O) groups excluding carboxylic acids is 3. The number of hydrogen-bond donors (Lipinski definition) is 2. The summed E-state index contributed by atoms with van der Waals surface area (Å²) < 4.78 is 16.1. The molecule has 0 aromatic heterocycles. The Bertz CT molecular complexity index is 1160. The Hall–Kier alpha value is -3.98. The summed E-state index contributed by atoms with van der Waals surface area (Å²) >= 11 is 1.28. The van der Waals surface area contributed by atoms with Gasteiger partial charge in [-0.3, -0.25) is 4.79 Å². The van der Waals surface area contributed by atoms with E-state index in [2.05, 4.69) is 10.6 Å². The molecule has 0 radical (unpaired) electrons. The molecule has 0 saturated carbocycles. The standard InChI is InChI=1S/C27H28N2O6S/c1-19(30)28-22-13-14-24(34-16-20-9-5-3-6-10-20)25(15-22)36-18-23(26(31)33-2)29-27(32)35-17-21-11-7-4-8-12-21/h3-15,23H,16-18H2,1-2H3,(H,28,30)(H,29,32)/t23-/m0/s1. The maximum Gasteiger partial charge on any atom is 0.408 e. The Morgan fingerprint density at radius 1 is 0.889 bits per heavy atom. The summed E-state index contributed by atoms with van der Waals surface area (Å²) in [5.74, 6) is -0.0884. The fraction of sp³-hybridized carbons (Fsp3) is 0.222. The van der Waals surface area contributed by atoms with Gasteiger partial charge in [-0.25, -0.2) is 9.59 Å². The van der Waals surface area contributed by atoms with Crippen LogP contribution in [-0.2, 0) is 32.3 Å². The van der Waals surface area contributed by atoms with Crippen LogP contribution in [0.4, 0.5) is 10.5 Å². The third-order valence-corrected chi connectivity index (χ3v) is 6.03. The molecule has 0 aliphatic carbocycles. The number of amides is 2. The number of anilines is 1. The van der Waals surface area contributed by atoms with Gasteiger partial charge in [0.2, 0.25) is 5.91 Å². The summed E-state index contributed by atoms with van der Waals surface area (Å²) in [4.78, 5) is 36.9. The van der Waals surface area contributed by atoms with Crippen LogP contribution in [0.3, 0.4) is 0 Å². The molecule has 0 fully saturated rings. The predicted molar refractivity (Wildman–Crippen MR) is 138 cm³/mol. The van der Waals surface area contributed by atoms with E-state index >= 15 is 0 Å². The lowest BCUT2D eigenvalue weighted by Gasteiger charge is -2.18. The third kappa shape index (κ3) is 8.66. The summed E-state index contributed by atoms with van der Waals surface area (Å²) in [5, 5.41) is 5.31. The first kappa shape index (κ1) is 26.6. The molecule has 0 unspecified atom stereocenters. The van der Waals surface area contributed by atoms with Crippen molar-refractivity contribution < 1.29 is 28.6 Å². The van der Waals surface area contributed by atoms with Crippen molar-refractivity contribution >= 4 is 35.4 Å². The van der Waals surface area contributed by atoms with E-state index in [1.807, 2.05) is 60.7 Å². The normalized spacial score (nSPS) is 11.2. The summed E-state index contributed by atoms with van der Waals surface area (Å²) in [6.45, 7) is 1.84. The zero-order valence-corrected chi connectivity index (χ0v) is 20.9. The molecule has 36 heavy (non-hydrogen) atoms. The van der Waals surface area contributed by atoms with Gasteiger partial charge in [0.1, 0.15) is 25.0 Å². The molecule has 0 aliphatic rings. The van der Waals surface area contributed by atoms with Gasteiger partial charge in [0.15, 0.2) is 0 Å². The monoisotopic (exact) mass is 508 g/mol. The Balaban J connectivity index is 1.68. The van der Waals surface area contributed by atoms with Gasteiger partial charge in [0.25, 0.3) is 0 Å². The van der Waals surface area contributed by atoms with Gasteiger partial charge in [0, 0.05) is 18.4 Å². The second-order valence-electron chi connectivity index (χ2n) is 7.71. The lowest BCUT2D eigenvalue weighted by atomic mass is 10.2. The molecule has 1 atom stereocenters. The third-order valence-electron chi connectivity index (χ3n) is 4.90. The van der Waals surface area contributed by atoms with Gasteiger partial charge in [-0.2, -0.15) is 0 Å². The fourth-order valence-corrected chi connectivity index (χ4v) is 4.19. The molecule has 3 rings (SSSR count). The number of rotatable bonds is 11. The summed E-state index contributed by atoms with van der Waals surface area (Å²) in [5.41, 5.74) is 2.41. The highest BCUT2D eigenvalue weighted by Gasteiger charge is 2.23. The van der Waals surface area contributed by atoms with Crippen LogP contribution in [-0.4, -0.2) is 36.9 Å². The fourth-order valence-electron chi connectivity index (χ4n) is 3.15. The van der Waals surface area contributed by atoms with E-state index < -0.39 is 18.1 Å². The maximum atomic E-state index is 12.4. The SMILES string of the molecule is COC(=O)[C@H](CSc1cc(NC(C)=O)ccc1OCc1ccccc1)NC(=O)OCc1ccccc1. The minimum Gasteiger partial charge on any atom is -0.488 e. The van der Waals surface area contributed by atoms with E-state index in [1.54, 1.807) is 18.2 Å². The molecule has 8 nitrogen and oxygen atoms in total. The molecule has 2 N–H and O–H groups in total. The molecule has 188 valence electrons.